The highest BCUT2D eigenvalue weighted by molar-refractivity contribution is 7.85. The van der Waals surface area contributed by atoms with Crippen molar-refractivity contribution in [2.45, 2.75) is 36.6 Å². The third kappa shape index (κ3) is 3.48. The summed E-state index contributed by atoms with van der Waals surface area (Å²) in [5, 5.41) is 13.1. The summed E-state index contributed by atoms with van der Waals surface area (Å²) < 4.78 is 12.5. The number of nitrogens with one attached hydrogen (secondary N) is 1. The van der Waals surface area contributed by atoms with Crippen molar-refractivity contribution < 1.29 is 9.32 Å². The summed E-state index contributed by atoms with van der Waals surface area (Å²) in [7, 11) is -1.06. The van der Waals surface area contributed by atoms with Gasteiger partial charge in [-0.1, -0.05) is 18.2 Å². The maximum absolute atomic E-state index is 12.5. The Morgan fingerprint density at radius 1 is 1.14 bits per heavy atom. The maximum atomic E-state index is 12.5. The third-order valence-corrected chi connectivity index (χ3v) is 7.69. The van der Waals surface area contributed by atoms with Gasteiger partial charge in [0.2, 0.25) is 5.95 Å². The molecule has 1 unspecified atom stereocenters. The van der Waals surface area contributed by atoms with Gasteiger partial charge < -0.3 is 20.2 Å². The van der Waals surface area contributed by atoms with Gasteiger partial charge in [-0.15, -0.1) is 0 Å². The zero-order valence-electron chi connectivity index (χ0n) is 16.7. The number of anilines is 3. The fraction of sp³-hybridized carbons (Fsp3) is 0.524. The van der Waals surface area contributed by atoms with Crippen molar-refractivity contribution >= 4 is 28.3 Å². The minimum atomic E-state index is -1.06. The summed E-state index contributed by atoms with van der Waals surface area (Å²) in [6.45, 7) is 5.75. The van der Waals surface area contributed by atoms with Crippen molar-refractivity contribution in [3.8, 4) is 0 Å². The van der Waals surface area contributed by atoms with E-state index >= 15 is 0 Å². The Balaban J connectivity index is 1.38. The Morgan fingerprint density at radius 2 is 1.86 bits per heavy atom. The molecule has 2 aromatic rings. The largest absolute Gasteiger partial charge is 0.394 e. The Labute approximate surface area is 173 Å². The van der Waals surface area contributed by atoms with Gasteiger partial charge in [-0.3, -0.25) is 4.21 Å². The molecule has 3 heterocycles. The molecular weight excluding hydrogens is 386 g/mol. The third-order valence-electron chi connectivity index (χ3n) is 6.23. The van der Waals surface area contributed by atoms with E-state index in [-0.39, 0.29) is 12.1 Å². The summed E-state index contributed by atoms with van der Waals surface area (Å²) in [5.41, 5.74) is 3.18. The second-order valence-electron chi connectivity index (χ2n) is 8.27. The SMILES string of the molecule is Cc1ccccc1N1CCN(c2nc3c(c(NC4(CO)CC4)n2)S(=O)CC3)CC1. The fourth-order valence-corrected chi connectivity index (χ4v) is 5.51. The number of aliphatic hydroxyl groups excluding tert-OH is 1. The van der Waals surface area contributed by atoms with Crippen LogP contribution in [-0.4, -0.2) is 63.4 Å². The monoisotopic (exact) mass is 413 g/mol. The molecule has 1 atom stereocenters. The highest BCUT2D eigenvalue weighted by Crippen LogP contribution is 2.41. The van der Waals surface area contributed by atoms with Crippen molar-refractivity contribution in [1.82, 2.24) is 9.97 Å². The van der Waals surface area contributed by atoms with Gasteiger partial charge in [0.25, 0.3) is 0 Å². The second kappa shape index (κ2) is 7.25. The number of para-hydroxylation sites is 1. The molecule has 1 aromatic carbocycles. The molecule has 0 amide bonds. The van der Waals surface area contributed by atoms with Gasteiger partial charge in [-0.2, -0.15) is 4.98 Å². The van der Waals surface area contributed by atoms with Gasteiger partial charge in [-0.05, 0) is 31.4 Å². The van der Waals surface area contributed by atoms with E-state index in [1.807, 2.05) is 0 Å². The van der Waals surface area contributed by atoms with E-state index in [0.29, 0.717) is 17.5 Å². The average Bonchev–Trinajstić information content (AvgIpc) is 3.42. The number of benzene rings is 1. The molecule has 5 rings (SSSR count). The van der Waals surface area contributed by atoms with Crippen LogP contribution >= 0.6 is 0 Å². The van der Waals surface area contributed by atoms with E-state index in [1.165, 1.54) is 11.3 Å². The zero-order chi connectivity index (χ0) is 20.0. The molecule has 1 saturated carbocycles. The molecule has 0 radical (unpaired) electrons. The average molecular weight is 414 g/mol. The molecule has 154 valence electrons. The summed E-state index contributed by atoms with van der Waals surface area (Å²) in [5.74, 6) is 1.98. The van der Waals surface area contributed by atoms with Crippen LogP contribution < -0.4 is 15.1 Å². The molecule has 7 nitrogen and oxygen atoms in total. The number of piperazine rings is 1. The molecule has 0 bridgehead atoms. The first-order valence-corrected chi connectivity index (χ1v) is 11.6. The maximum Gasteiger partial charge on any atom is 0.227 e. The first-order chi connectivity index (χ1) is 14.1. The number of nitrogens with zero attached hydrogens (tertiary/aromatic N) is 4. The van der Waals surface area contributed by atoms with Gasteiger partial charge in [0.1, 0.15) is 10.7 Å². The first kappa shape index (κ1) is 18.8. The quantitative estimate of drug-likeness (QED) is 0.772. The van der Waals surface area contributed by atoms with Crippen LogP contribution in [0.25, 0.3) is 0 Å². The van der Waals surface area contributed by atoms with E-state index in [2.05, 4.69) is 46.3 Å². The minimum absolute atomic E-state index is 0.0723. The molecule has 8 heteroatoms. The normalized spacial score (nSPS) is 22.5. The zero-order valence-corrected chi connectivity index (χ0v) is 17.5. The van der Waals surface area contributed by atoms with Crippen LogP contribution in [0.2, 0.25) is 0 Å². The molecule has 3 aliphatic rings. The lowest BCUT2D eigenvalue weighted by Crippen LogP contribution is -2.47. The summed E-state index contributed by atoms with van der Waals surface area (Å²) in [4.78, 5) is 14.9. The number of aromatic nitrogens is 2. The highest BCUT2D eigenvalue weighted by atomic mass is 32.2. The fourth-order valence-electron chi connectivity index (χ4n) is 4.20. The van der Waals surface area contributed by atoms with Crippen molar-refractivity contribution in [1.29, 1.82) is 0 Å². The summed E-state index contributed by atoms with van der Waals surface area (Å²) >= 11 is 0. The molecule has 1 aliphatic carbocycles. The molecular formula is C21H27N5O2S. The molecule has 1 aromatic heterocycles. The van der Waals surface area contributed by atoms with Gasteiger partial charge in [0.15, 0.2) is 0 Å². The molecule has 2 fully saturated rings. The van der Waals surface area contributed by atoms with Gasteiger partial charge in [0.05, 0.1) is 28.6 Å². The number of fused-ring (bicyclic) bond motifs is 1. The Morgan fingerprint density at radius 3 is 2.55 bits per heavy atom. The summed E-state index contributed by atoms with van der Waals surface area (Å²) in [6, 6.07) is 8.49. The van der Waals surface area contributed by atoms with E-state index in [1.54, 1.807) is 0 Å². The minimum Gasteiger partial charge on any atom is -0.394 e. The van der Waals surface area contributed by atoms with E-state index < -0.39 is 10.8 Å². The van der Waals surface area contributed by atoms with Crippen LogP contribution in [0.5, 0.6) is 0 Å². The molecule has 2 N–H and O–H groups in total. The first-order valence-electron chi connectivity index (χ1n) is 10.3. The predicted octanol–water partition coefficient (Wildman–Crippen LogP) is 1.71. The number of aliphatic hydroxyl groups is 1. The van der Waals surface area contributed by atoms with E-state index in [9.17, 15) is 9.32 Å². The Bertz CT molecular complexity index is 954. The van der Waals surface area contributed by atoms with Crippen molar-refractivity contribution in [3.05, 3.63) is 35.5 Å². The van der Waals surface area contributed by atoms with Crippen LogP contribution in [0, 0.1) is 6.92 Å². The standard InChI is InChI=1S/C21H27N5O2S/c1-15-4-2-3-5-17(15)25-9-11-26(12-10-25)20-22-16-6-13-29(28)18(16)19(23-20)24-21(14-27)7-8-21/h2-5,27H,6-14H2,1H3,(H,22,23,24). The van der Waals surface area contributed by atoms with Crippen molar-refractivity contribution in [2.75, 3.05) is 53.7 Å². The number of hydrogen-bond acceptors (Lipinski definition) is 7. The van der Waals surface area contributed by atoms with E-state index in [0.717, 1.165) is 56.0 Å². The second-order valence-corrected chi connectivity index (χ2v) is 9.78. The van der Waals surface area contributed by atoms with Crippen molar-refractivity contribution in [2.24, 2.45) is 0 Å². The lowest BCUT2D eigenvalue weighted by atomic mass is 10.1. The number of aryl methyl sites for hydroxylation is 2. The Hall–Kier alpha value is -2.19. The van der Waals surface area contributed by atoms with Crippen LogP contribution in [0.1, 0.15) is 24.1 Å². The lowest BCUT2D eigenvalue weighted by Gasteiger charge is -2.37. The van der Waals surface area contributed by atoms with E-state index in [4.69, 9.17) is 9.97 Å². The molecule has 0 spiro atoms. The van der Waals surface area contributed by atoms with Crippen LogP contribution in [0.4, 0.5) is 17.5 Å². The lowest BCUT2D eigenvalue weighted by molar-refractivity contribution is 0.265. The Kier molecular flexibility index (Phi) is 4.70. The van der Waals surface area contributed by atoms with Gasteiger partial charge in [-0.25, -0.2) is 4.98 Å². The summed E-state index contributed by atoms with van der Waals surface area (Å²) in [6.07, 6.45) is 2.56. The molecule has 1 saturated heterocycles. The van der Waals surface area contributed by atoms with Crippen LogP contribution in [0.15, 0.2) is 29.2 Å². The van der Waals surface area contributed by atoms with Crippen LogP contribution in [0.3, 0.4) is 0 Å². The van der Waals surface area contributed by atoms with Crippen LogP contribution in [-0.2, 0) is 17.2 Å². The smallest absolute Gasteiger partial charge is 0.227 e. The topological polar surface area (TPSA) is 81.6 Å². The van der Waals surface area contributed by atoms with Gasteiger partial charge in [0, 0.05) is 44.0 Å². The molecule has 2 aliphatic heterocycles. The molecule has 29 heavy (non-hydrogen) atoms. The highest BCUT2D eigenvalue weighted by Gasteiger charge is 2.44. The van der Waals surface area contributed by atoms with Gasteiger partial charge >= 0.3 is 0 Å². The predicted molar refractivity (Wildman–Crippen MR) is 115 cm³/mol. The number of hydrogen-bond donors (Lipinski definition) is 2. The van der Waals surface area contributed by atoms with Crippen molar-refractivity contribution in [3.63, 3.8) is 0 Å². The number of rotatable bonds is 5.